The molecule has 0 aromatic carbocycles. The molecule has 0 bridgehead atoms. The van der Waals surface area contributed by atoms with Crippen molar-refractivity contribution in [1.82, 2.24) is 0 Å². The van der Waals surface area contributed by atoms with Crippen molar-refractivity contribution in [2.75, 3.05) is 13.2 Å². The fourth-order valence-electron chi connectivity index (χ4n) is 0.957. The van der Waals surface area contributed by atoms with Crippen LogP contribution in [0.25, 0.3) is 0 Å². The minimum atomic E-state index is -1.71. The molecule has 90 valence electrons. The molecule has 4 atom stereocenters. The van der Waals surface area contributed by atoms with Crippen molar-refractivity contribution < 1.29 is 30.0 Å². The molecule has 6 nitrogen and oxygen atoms in total. The van der Waals surface area contributed by atoms with E-state index >= 15 is 0 Å². The minimum absolute atomic E-state index is 0.0908. The largest absolute Gasteiger partial charge is 0.388 e. The summed E-state index contributed by atoms with van der Waals surface area (Å²) in [4.78, 5) is 10.1. The molecule has 0 spiro atoms. The van der Waals surface area contributed by atoms with Gasteiger partial charge in [-0.2, -0.15) is 0 Å². The quantitative estimate of drug-likeness (QED) is 0.281. The van der Waals surface area contributed by atoms with E-state index in [9.17, 15) is 15.0 Å². The summed E-state index contributed by atoms with van der Waals surface area (Å²) in [5, 5.41) is 36.6. The van der Waals surface area contributed by atoms with E-state index in [-0.39, 0.29) is 12.9 Å². The van der Waals surface area contributed by atoms with Gasteiger partial charge in [-0.1, -0.05) is 6.92 Å². The molecule has 0 heterocycles. The number of carbonyl (C=O) groups is 1. The summed E-state index contributed by atoms with van der Waals surface area (Å²) in [5.41, 5.74) is 0. The van der Waals surface area contributed by atoms with Crippen LogP contribution in [0.2, 0.25) is 0 Å². The van der Waals surface area contributed by atoms with E-state index in [1.54, 1.807) is 0 Å². The van der Waals surface area contributed by atoms with Crippen molar-refractivity contribution in [2.45, 2.75) is 37.8 Å². The average Bonchev–Trinajstić information content (AvgIpc) is 2.26. The number of aliphatic hydroxyl groups excluding tert-OH is 4. The first kappa shape index (κ1) is 14.5. The van der Waals surface area contributed by atoms with Gasteiger partial charge in [-0.05, 0) is 6.42 Å². The van der Waals surface area contributed by atoms with E-state index in [4.69, 9.17) is 14.9 Å². The highest BCUT2D eigenvalue weighted by Gasteiger charge is 2.30. The van der Waals surface area contributed by atoms with Crippen LogP contribution in [0.4, 0.5) is 0 Å². The van der Waals surface area contributed by atoms with Crippen molar-refractivity contribution in [3.05, 3.63) is 0 Å². The summed E-state index contributed by atoms with van der Waals surface area (Å²) in [7, 11) is 0. The lowest BCUT2D eigenvalue weighted by atomic mass is 10.0. The van der Waals surface area contributed by atoms with Crippen LogP contribution in [-0.4, -0.2) is 64.3 Å². The fraction of sp³-hybridized carbons (Fsp3) is 0.889. The molecule has 0 aromatic heterocycles. The average molecular weight is 222 g/mol. The first-order valence-corrected chi connectivity index (χ1v) is 4.79. The number of aliphatic hydroxyl groups is 4. The zero-order chi connectivity index (χ0) is 11.8. The van der Waals surface area contributed by atoms with Gasteiger partial charge in [0.25, 0.3) is 0 Å². The molecule has 6 heteroatoms. The Morgan fingerprint density at radius 1 is 1.20 bits per heavy atom. The number of aldehydes is 1. The molecule has 15 heavy (non-hydrogen) atoms. The molecule has 0 rings (SSSR count). The Hall–Kier alpha value is -0.530. The number of rotatable bonds is 8. The standard InChI is InChI=1S/C9H18O6/c1-2-3-15-5-7(12)9(14)8(13)6(11)4-10/h4,6-9,11-14H,2-3,5H2,1H3/t6-,7+,8+,9-/m0/s1. The van der Waals surface area contributed by atoms with Crippen LogP contribution >= 0.6 is 0 Å². The number of hydrogen-bond acceptors (Lipinski definition) is 6. The Morgan fingerprint density at radius 2 is 1.80 bits per heavy atom. The van der Waals surface area contributed by atoms with Gasteiger partial charge in [0.15, 0.2) is 6.29 Å². The van der Waals surface area contributed by atoms with Crippen molar-refractivity contribution in [3.63, 3.8) is 0 Å². The molecule has 0 amide bonds. The van der Waals surface area contributed by atoms with Crippen molar-refractivity contribution >= 4 is 6.29 Å². The van der Waals surface area contributed by atoms with Gasteiger partial charge in [0.05, 0.1) is 6.61 Å². The monoisotopic (exact) mass is 222 g/mol. The zero-order valence-corrected chi connectivity index (χ0v) is 8.61. The Labute approximate surface area is 88.1 Å². The summed E-state index contributed by atoms with van der Waals surface area (Å²) >= 11 is 0. The second-order valence-electron chi connectivity index (χ2n) is 3.25. The minimum Gasteiger partial charge on any atom is -0.388 e. The molecular formula is C9H18O6. The van der Waals surface area contributed by atoms with Gasteiger partial charge >= 0.3 is 0 Å². The smallest absolute Gasteiger partial charge is 0.151 e. The van der Waals surface area contributed by atoms with Crippen LogP contribution < -0.4 is 0 Å². The van der Waals surface area contributed by atoms with Gasteiger partial charge in [0, 0.05) is 6.61 Å². The van der Waals surface area contributed by atoms with Gasteiger partial charge in [0.2, 0.25) is 0 Å². The fourth-order valence-corrected chi connectivity index (χ4v) is 0.957. The van der Waals surface area contributed by atoms with Gasteiger partial charge in [-0.15, -0.1) is 0 Å². The summed E-state index contributed by atoms with van der Waals surface area (Å²) in [6.45, 7) is 2.15. The van der Waals surface area contributed by atoms with E-state index < -0.39 is 24.4 Å². The maximum absolute atomic E-state index is 10.1. The SMILES string of the molecule is CCCOC[C@@H](O)[C@H](O)[C@H](O)[C@@H](O)C=O. The molecule has 0 aromatic rings. The molecule has 0 fully saturated rings. The highest BCUT2D eigenvalue weighted by molar-refractivity contribution is 5.56. The van der Waals surface area contributed by atoms with Crippen molar-refractivity contribution in [1.29, 1.82) is 0 Å². The van der Waals surface area contributed by atoms with Crippen LogP contribution in [0.1, 0.15) is 13.3 Å². The molecule has 0 saturated carbocycles. The van der Waals surface area contributed by atoms with E-state index in [1.807, 2.05) is 6.92 Å². The lowest BCUT2D eigenvalue weighted by molar-refractivity contribution is -0.138. The van der Waals surface area contributed by atoms with Crippen LogP contribution in [0.5, 0.6) is 0 Å². The second-order valence-corrected chi connectivity index (χ2v) is 3.25. The Kier molecular flexibility index (Phi) is 7.45. The topological polar surface area (TPSA) is 107 Å². The first-order valence-electron chi connectivity index (χ1n) is 4.79. The number of carbonyl (C=O) groups excluding carboxylic acids is 1. The van der Waals surface area contributed by atoms with Crippen LogP contribution in [-0.2, 0) is 9.53 Å². The Bertz CT molecular complexity index is 174. The lowest BCUT2D eigenvalue weighted by Crippen LogP contribution is -2.46. The molecule has 0 aliphatic carbocycles. The van der Waals surface area contributed by atoms with Gasteiger partial charge in [-0.3, -0.25) is 0 Å². The maximum Gasteiger partial charge on any atom is 0.151 e. The maximum atomic E-state index is 10.1. The molecule has 0 unspecified atom stereocenters. The van der Waals surface area contributed by atoms with Gasteiger partial charge in [0.1, 0.15) is 24.4 Å². The summed E-state index contributed by atoms with van der Waals surface area (Å²) < 4.78 is 4.94. The van der Waals surface area contributed by atoms with Gasteiger partial charge < -0.3 is 30.0 Å². The van der Waals surface area contributed by atoms with E-state index in [1.165, 1.54) is 0 Å². The first-order chi connectivity index (χ1) is 7.04. The van der Waals surface area contributed by atoms with Crippen molar-refractivity contribution in [2.24, 2.45) is 0 Å². The third-order valence-electron chi connectivity index (χ3n) is 1.87. The summed E-state index contributed by atoms with van der Waals surface area (Å²) in [5.74, 6) is 0. The Balaban J connectivity index is 3.95. The molecule has 0 aliphatic heterocycles. The molecular weight excluding hydrogens is 204 g/mol. The zero-order valence-electron chi connectivity index (χ0n) is 8.61. The van der Waals surface area contributed by atoms with Crippen molar-refractivity contribution in [3.8, 4) is 0 Å². The number of ether oxygens (including phenoxy) is 1. The van der Waals surface area contributed by atoms with E-state index in [0.717, 1.165) is 6.42 Å². The van der Waals surface area contributed by atoms with Crippen LogP contribution in [0.15, 0.2) is 0 Å². The van der Waals surface area contributed by atoms with Gasteiger partial charge in [-0.25, -0.2) is 0 Å². The summed E-state index contributed by atoms with van der Waals surface area (Å²) in [6, 6.07) is 0. The predicted octanol–water partition coefficient (Wildman–Crippen LogP) is -1.94. The third-order valence-corrected chi connectivity index (χ3v) is 1.87. The second kappa shape index (κ2) is 7.72. The van der Waals surface area contributed by atoms with Crippen LogP contribution in [0.3, 0.4) is 0 Å². The third kappa shape index (κ3) is 5.19. The molecule has 4 N–H and O–H groups in total. The summed E-state index contributed by atoms with van der Waals surface area (Å²) in [6.07, 6.45) is -5.50. The number of hydrogen-bond donors (Lipinski definition) is 4. The van der Waals surface area contributed by atoms with E-state index in [2.05, 4.69) is 0 Å². The highest BCUT2D eigenvalue weighted by atomic mass is 16.5. The van der Waals surface area contributed by atoms with E-state index in [0.29, 0.717) is 6.61 Å². The molecule has 0 radical (unpaired) electrons. The predicted molar refractivity (Wildman–Crippen MR) is 51.2 cm³/mol. The Morgan fingerprint density at radius 3 is 2.27 bits per heavy atom. The molecule has 0 saturated heterocycles. The molecule has 0 aliphatic rings. The highest BCUT2D eigenvalue weighted by Crippen LogP contribution is 2.04. The normalized spacial score (nSPS) is 19.3. The lowest BCUT2D eigenvalue weighted by Gasteiger charge is -2.23. The van der Waals surface area contributed by atoms with Crippen LogP contribution in [0, 0.1) is 0 Å².